The highest BCUT2D eigenvalue weighted by Crippen LogP contribution is 2.40. The van der Waals surface area contributed by atoms with Crippen LogP contribution in [-0.2, 0) is 38.3 Å². The summed E-state index contributed by atoms with van der Waals surface area (Å²) in [5.74, 6) is -3.19. The molecule has 1 aromatic heterocycles. The van der Waals surface area contributed by atoms with Crippen LogP contribution in [0.25, 0.3) is 0 Å². The van der Waals surface area contributed by atoms with Gasteiger partial charge in [-0.2, -0.15) is 0 Å². The molecule has 2 atom stereocenters. The van der Waals surface area contributed by atoms with Gasteiger partial charge in [0.1, 0.15) is 36.5 Å². The van der Waals surface area contributed by atoms with Gasteiger partial charge in [-0.1, -0.05) is 5.16 Å². The van der Waals surface area contributed by atoms with Crippen LogP contribution in [-0.4, -0.2) is 87.9 Å². The molecule has 0 radical (unpaired) electrons. The number of nitrogens with two attached hydrogens (primary N) is 1. The van der Waals surface area contributed by atoms with Crippen LogP contribution in [0, 0.1) is 0 Å². The number of carbonyl (C=O) groups is 5. The maximum atomic E-state index is 12.7. The molecule has 16 heteroatoms. The Kier molecular flexibility index (Phi) is 10.2. The Morgan fingerprint density at radius 3 is 2.42 bits per heavy atom. The van der Waals surface area contributed by atoms with E-state index in [4.69, 9.17) is 10.5 Å². The number of carboxylic acids is 1. The molecule has 4 N–H and O–H groups in total. The van der Waals surface area contributed by atoms with Crippen molar-refractivity contribution in [1.29, 1.82) is 0 Å². The average molecular weight is 544 g/mol. The first-order valence-corrected chi connectivity index (χ1v) is 12.2. The predicted octanol–water partition coefficient (Wildman–Crippen LogP) is -0.0531. The Morgan fingerprint density at radius 2 is 1.94 bits per heavy atom. The lowest BCUT2D eigenvalue weighted by molar-refractivity contribution is -0.150. The Bertz CT molecular complexity index is 1100. The maximum Gasteiger partial charge on any atom is 0.352 e. The molecule has 1 fully saturated rings. The van der Waals surface area contributed by atoms with E-state index in [9.17, 15) is 29.1 Å². The number of ether oxygens (including phenoxy) is 2. The lowest BCUT2D eigenvalue weighted by Gasteiger charge is -2.49. The average Bonchev–Trinajstić information content (AvgIpc) is 3.24. The molecule has 0 aromatic carbocycles. The number of nitrogens with zero attached hydrogens (tertiary/aromatic N) is 3. The van der Waals surface area contributed by atoms with Gasteiger partial charge in [-0.25, -0.2) is 9.78 Å². The van der Waals surface area contributed by atoms with Crippen molar-refractivity contribution in [3.05, 3.63) is 22.3 Å². The number of hydrogen-bond donors (Lipinski definition) is 3. The van der Waals surface area contributed by atoms with Crippen LogP contribution in [0.3, 0.4) is 0 Å². The molecule has 0 saturated carbocycles. The van der Waals surface area contributed by atoms with Gasteiger partial charge in [0, 0.05) is 30.6 Å². The summed E-state index contributed by atoms with van der Waals surface area (Å²) in [4.78, 5) is 67.6. The lowest BCUT2D eigenvalue weighted by atomic mass is 10.0. The third kappa shape index (κ3) is 6.94. The minimum Gasteiger partial charge on any atom is -0.477 e. The van der Waals surface area contributed by atoms with E-state index in [1.54, 1.807) is 6.92 Å². The maximum absolute atomic E-state index is 12.7. The number of carbonyl (C=O) groups excluding carboxylic acids is 4. The molecule has 2 aliphatic rings. The van der Waals surface area contributed by atoms with E-state index >= 15 is 0 Å². The van der Waals surface area contributed by atoms with Crippen LogP contribution in [0.2, 0.25) is 0 Å². The molecule has 196 valence electrons. The van der Waals surface area contributed by atoms with Crippen molar-refractivity contribution in [2.45, 2.75) is 32.2 Å². The molecule has 14 nitrogen and oxygen atoms in total. The van der Waals surface area contributed by atoms with Gasteiger partial charge in [-0.3, -0.25) is 24.1 Å². The van der Waals surface area contributed by atoms with E-state index in [-0.39, 0.29) is 40.6 Å². The molecular weight excluding hydrogens is 518 g/mol. The standard InChI is InChI=1S/C16H17N5O7S2.C4H8O2/c1-6(22)28-3-7-4-29-14-10(13(24)21(14)11(7)15(25)26)19-12(23)9(20-27-2)8-5-30-16(17)18-8;1-3-6-4(2)5/h5,10,14H,3-4H2,1-2H3,(H2,17,18)(H,19,23)(H,25,26);3H2,1-2H3/b20-9+;/t10-,14-;/m1./s1. The van der Waals surface area contributed by atoms with Crippen LogP contribution in [0.15, 0.2) is 21.8 Å². The Balaban J connectivity index is 0.000000678. The van der Waals surface area contributed by atoms with Crippen molar-refractivity contribution < 1.29 is 43.4 Å². The van der Waals surface area contributed by atoms with Crippen LogP contribution in [0.4, 0.5) is 5.13 Å². The fourth-order valence-electron chi connectivity index (χ4n) is 3.09. The number of oxime groups is 1. The highest BCUT2D eigenvalue weighted by molar-refractivity contribution is 8.00. The second-order valence-corrected chi connectivity index (χ2v) is 9.01. The van der Waals surface area contributed by atoms with Gasteiger partial charge in [0.15, 0.2) is 10.8 Å². The molecule has 1 aromatic rings. The zero-order valence-electron chi connectivity index (χ0n) is 19.8. The summed E-state index contributed by atoms with van der Waals surface area (Å²) in [6, 6.07) is -0.967. The van der Waals surface area contributed by atoms with Crippen molar-refractivity contribution in [1.82, 2.24) is 15.2 Å². The summed E-state index contributed by atoms with van der Waals surface area (Å²) in [7, 11) is 1.25. The molecular formula is C20H25N5O9S2. The minimum atomic E-state index is -1.32. The Labute approximate surface area is 213 Å². The van der Waals surface area contributed by atoms with Crippen LogP contribution in [0.5, 0.6) is 0 Å². The summed E-state index contributed by atoms with van der Waals surface area (Å²) in [6.45, 7) is 4.63. The van der Waals surface area contributed by atoms with Crippen LogP contribution >= 0.6 is 23.1 Å². The summed E-state index contributed by atoms with van der Waals surface area (Å²) in [6.07, 6.45) is 0. The fourth-order valence-corrected chi connectivity index (χ4v) is 4.96. The number of rotatable bonds is 8. The number of thiazole rings is 1. The van der Waals surface area contributed by atoms with Gasteiger partial charge in [0.2, 0.25) is 0 Å². The molecule has 3 heterocycles. The second-order valence-electron chi connectivity index (χ2n) is 7.02. The van der Waals surface area contributed by atoms with Gasteiger partial charge >= 0.3 is 17.9 Å². The van der Waals surface area contributed by atoms with Crippen LogP contribution in [0.1, 0.15) is 26.5 Å². The molecule has 0 bridgehead atoms. The molecule has 0 unspecified atom stereocenters. The number of β-lactam (4-membered cyclic amide) rings is 1. The van der Waals surface area contributed by atoms with Crippen molar-refractivity contribution >= 4 is 63.7 Å². The monoisotopic (exact) mass is 543 g/mol. The second kappa shape index (κ2) is 12.9. The summed E-state index contributed by atoms with van der Waals surface area (Å²) in [5, 5.41) is 16.9. The highest BCUT2D eigenvalue weighted by Gasteiger charge is 2.54. The van der Waals surface area contributed by atoms with E-state index in [0.717, 1.165) is 16.2 Å². The Hall–Kier alpha value is -3.66. The van der Waals surface area contributed by atoms with Gasteiger partial charge in [0.05, 0.1) is 6.61 Å². The van der Waals surface area contributed by atoms with E-state index < -0.39 is 35.2 Å². The SMILES string of the molecule is CCOC(C)=O.CO/N=C(/C(=O)N[C@@H]1C(=O)N2C(C(=O)O)=C(COC(C)=O)CS[C@H]12)c1csc(N)n1. The molecule has 1 saturated heterocycles. The van der Waals surface area contributed by atoms with Crippen LogP contribution < -0.4 is 11.1 Å². The van der Waals surface area contributed by atoms with Crippen molar-refractivity contribution in [2.75, 3.05) is 31.8 Å². The number of thioether (sulfide) groups is 1. The zero-order valence-corrected chi connectivity index (χ0v) is 21.4. The minimum absolute atomic E-state index is 0.165. The number of anilines is 1. The zero-order chi connectivity index (χ0) is 27.0. The van der Waals surface area contributed by atoms with E-state index in [1.165, 1.54) is 38.1 Å². The molecule has 2 amide bonds. The first-order chi connectivity index (χ1) is 17.0. The number of nitrogens with one attached hydrogen (secondary N) is 1. The number of esters is 2. The fraction of sp³-hybridized carbons (Fsp3) is 0.450. The van der Waals surface area contributed by atoms with E-state index in [1.807, 2.05) is 0 Å². The third-order valence-electron chi connectivity index (χ3n) is 4.50. The normalized spacial score (nSPS) is 18.7. The number of aliphatic carboxylic acids is 1. The number of amides is 2. The summed E-state index contributed by atoms with van der Waals surface area (Å²) >= 11 is 2.35. The van der Waals surface area contributed by atoms with Gasteiger partial charge in [0.25, 0.3) is 11.8 Å². The quantitative estimate of drug-likeness (QED) is 0.171. The van der Waals surface area contributed by atoms with Gasteiger partial charge in [-0.15, -0.1) is 23.1 Å². The predicted molar refractivity (Wildman–Crippen MR) is 129 cm³/mol. The first kappa shape index (κ1) is 28.6. The summed E-state index contributed by atoms with van der Waals surface area (Å²) in [5.41, 5.74) is 5.67. The van der Waals surface area contributed by atoms with Gasteiger partial charge < -0.3 is 30.5 Å². The first-order valence-electron chi connectivity index (χ1n) is 10.3. The van der Waals surface area contributed by atoms with E-state index in [0.29, 0.717) is 12.2 Å². The third-order valence-corrected chi connectivity index (χ3v) is 6.51. The van der Waals surface area contributed by atoms with E-state index in [2.05, 4.69) is 25.0 Å². The number of fused-ring (bicyclic) bond motifs is 1. The molecule has 0 spiro atoms. The smallest absolute Gasteiger partial charge is 0.352 e. The largest absolute Gasteiger partial charge is 0.477 e. The topological polar surface area (TPSA) is 200 Å². The molecule has 3 rings (SSSR count). The molecule has 36 heavy (non-hydrogen) atoms. The van der Waals surface area contributed by atoms with Crippen molar-refractivity contribution in [2.24, 2.45) is 5.16 Å². The van der Waals surface area contributed by atoms with Crippen molar-refractivity contribution in [3.63, 3.8) is 0 Å². The molecule has 0 aliphatic carbocycles. The number of aromatic nitrogens is 1. The van der Waals surface area contributed by atoms with Gasteiger partial charge in [-0.05, 0) is 6.92 Å². The summed E-state index contributed by atoms with van der Waals surface area (Å²) < 4.78 is 9.28. The highest BCUT2D eigenvalue weighted by atomic mass is 32.2. The number of carboxylic acid groups (broad SMARTS) is 1. The van der Waals surface area contributed by atoms with Crippen molar-refractivity contribution in [3.8, 4) is 0 Å². The number of nitrogen functional groups attached to an aromatic ring is 1. The Morgan fingerprint density at radius 1 is 1.28 bits per heavy atom. The number of hydrogen-bond acceptors (Lipinski definition) is 13. The lowest BCUT2D eigenvalue weighted by Crippen LogP contribution is -2.71. The molecule has 2 aliphatic heterocycles.